The summed E-state index contributed by atoms with van der Waals surface area (Å²) in [6.45, 7) is 6.67. The summed E-state index contributed by atoms with van der Waals surface area (Å²) in [6.07, 6.45) is 3.33. The minimum atomic E-state index is -0.339. The average Bonchev–Trinajstić information content (AvgIpc) is 2.81. The molecule has 1 heterocycles. The molecule has 1 atom stereocenters. The summed E-state index contributed by atoms with van der Waals surface area (Å²) >= 11 is 0. The summed E-state index contributed by atoms with van der Waals surface area (Å²) < 4.78 is 13.5. The van der Waals surface area contributed by atoms with E-state index < -0.39 is 0 Å². The van der Waals surface area contributed by atoms with Crippen LogP contribution in [-0.2, 0) is 4.79 Å². The molecule has 1 aromatic heterocycles. The Balaban J connectivity index is 1.82. The van der Waals surface area contributed by atoms with Crippen LogP contribution in [0.1, 0.15) is 44.7 Å². The van der Waals surface area contributed by atoms with Crippen LogP contribution in [0.15, 0.2) is 54.7 Å². The van der Waals surface area contributed by atoms with E-state index in [-0.39, 0.29) is 17.6 Å². The highest BCUT2D eigenvalue weighted by Gasteiger charge is 2.10. The molecule has 0 bridgehead atoms. The third-order valence-electron chi connectivity index (χ3n) is 4.94. The summed E-state index contributed by atoms with van der Waals surface area (Å²) in [5, 5.41) is 9.21. The van der Waals surface area contributed by atoms with Crippen molar-refractivity contribution in [3.05, 3.63) is 71.7 Å². The van der Waals surface area contributed by atoms with Crippen LogP contribution < -0.4 is 16.0 Å². The lowest BCUT2D eigenvalue weighted by atomic mass is 10.1. The predicted molar refractivity (Wildman–Crippen MR) is 131 cm³/mol. The fraction of sp³-hybridized carbons (Fsp3) is 0.269. The van der Waals surface area contributed by atoms with Gasteiger partial charge in [-0.25, -0.2) is 9.37 Å². The number of anilines is 4. The van der Waals surface area contributed by atoms with Gasteiger partial charge in [0.25, 0.3) is 0 Å². The molecule has 0 radical (unpaired) electrons. The highest BCUT2D eigenvalue weighted by Crippen LogP contribution is 2.18. The van der Waals surface area contributed by atoms with Gasteiger partial charge in [0.2, 0.25) is 11.9 Å². The van der Waals surface area contributed by atoms with E-state index in [4.69, 9.17) is 0 Å². The fourth-order valence-electron chi connectivity index (χ4n) is 2.87. The van der Waals surface area contributed by atoms with Gasteiger partial charge in [0, 0.05) is 29.4 Å². The van der Waals surface area contributed by atoms with Gasteiger partial charge in [-0.05, 0) is 49.2 Å². The molecule has 0 saturated carbocycles. The van der Waals surface area contributed by atoms with Crippen LogP contribution >= 0.6 is 0 Å². The molecule has 3 aromatic rings. The van der Waals surface area contributed by atoms with E-state index in [2.05, 4.69) is 44.7 Å². The number of nitrogens with one attached hydrogen (secondary N) is 3. The summed E-state index contributed by atoms with van der Waals surface area (Å²) in [5.41, 5.74) is 2.68. The molecule has 6 nitrogen and oxygen atoms in total. The molecule has 2 aromatic carbocycles. The van der Waals surface area contributed by atoms with Crippen molar-refractivity contribution in [2.75, 3.05) is 22.5 Å². The van der Waals surface area contributed by atoms with Crippen molar-refractivity contribution in [1.29, 1.82) is 0 Å². The molecule has 7 heteroatoms. The van der Waals surface area contributed by atoms with Crippen molar-refractivity contribution in [1.82, 2.24) is 9.97 Å². The van der Waals surface area contributed by atoms with E-state index in [1.54, 1.807) is 18.3 Å². The quantitative estimate of drug-likeness (QED) is 0.395. The van der Waals surface area contributed by atoms with Crippen molar-refractivity contribution < 1.29 is 9.18 Å². The first-order chi connectivity index (χ1) is 16.0. The molecule has 0 spiro atoms. The van der Waals surface area contributed by atoms with E-state index in [0.29, 0.717) is 28.7 Å². The van der Waals surface area contributed by atoms with Gasteiger partial charge in [0.1, 0.15) is 11.6 Å². The maximum Gasteiger partial charge on any atom is 0.229 e. The first-order valence-electron chi connectivity index (χ1n) is 11.0. The Morgan fingerprint density at radius 3 is 2.64 bits per heavy atom. The Labute approximate surface area is 194 Å². The zero-order chi connectivity index (χ0) is 23.6. The topological polar surface area (TPSA) is 78.9 Å². The summed E-state index contributed by atoms with van der Waals surface area (Å²) in [6, 6.07) is 13.5. The highest BCUT2D eigenvalue weighted by atomic mass is 19.1. The molecule has 1 amide bonds. The van der Waals surface area contributed by atoms with E-state index in [9.17, 15) is 9.18 Å². The standard InChI is InChI=1S/C26H28FN5O/c1-4-14-28-24-20(17-29-26(32-24)31-23-11-7-9-21(27)16-23)13-12-19-8-6-10-22(15-19)30-25(33)18(3)5-2/h6-11,15-18H,4-5,14H2,1-3H3,(H,30,33)(H2,28,29,31,32)/t18-/m1/s1. The molecule has 3 rings (SSSR count). The van der Waals surface area contributed by atoms with E-state index in [1.165, 1.54) is 12.1 Å². The Morgan fingerprint density at radius 1 is 1.09 bits per heavy atom. The van der Waals surface area contributed by atoms with Gasteiger partial charge >= 0.3 is 0 Å². The van der Waals surface area contributed by atoms with Gasteiger partial charge in [0.05, 0.1) is 11.8 Å². The third-order valence-corrected chi connectivity index (χ3v) is 4.94. The molecule has 170 valence electrons. The normalized spacial score (nSPS) is 11.2. The monoisotopic (exact) mass is 445 g/mol. The Kier molecular flexibility index (Phi) is 8.36. The lowest BCUT2D eigenvalue weighted by Crippen LogP contribution is -2.19. The SMILES string of the molecule is CCCNc1nc(Nc2cccc(F)c2)ncc1C#Cc1cccc(NC(=O)[C@H](C)CC)c1. The molecular formula is C26H28FN5O. The lowest BCUT2D eigenvalue weighted by molar-refractivity contribution is -0.119. The van der Waals surface area contributed by atoms with E-state index >= 15 is 0 Å². The number of benzene rings is 2. The number of aromatic nitrogens is 2. The van der Waals surface area contributed by atoms with Crippen LogP contribution in [0.3, 0.4) is 0 Å². The molecule has 0 saturated heterocycles. The van der Waals surface area contributed by atoms with Crippen LogP contribution in [0.25, 0.3) is 0 Å². The predicted octanol–water partition coefficient (Wildman–Crippen LogP) is 5.57. The molecule has 3 N–H and O–H groups in total. The van der Waals surface area contributed by atoms with Gasteiger partial charge in [-0.1, -0.05) is 44.7 Å². The number of carbonyl (C=O) groups is 1. The maximum absolute atomic E-state index is 13.5. The molecular weight excluding hydrogens is 417 g/mol. The van der Waals surface area contributed by atoms with Crippen LogP contribution in [-0.4, -0.2) is 22.4 Å². The number of carbonyl (C=O) groups excluding carboxylic acids is 1. The minimum Gasteiger partial charge on any atom is -0.369 e. The Hall–Kier alpha value is -3.92. The smallest absolute Gasteiger partial charge is 0.229 e. The summed E-state index contributed by atoms with van der Waals surface area (Å²) in [7, 11) is 0. The highest BCUT2D eigenvalue weighted by molar-refractivity contribution is 5.92. The van der Waals surface area contributed by atoms with Crippen LogP contribution in [0, 0.1) is 23.6 Å². The van der Waals surface area contributed by atoms with Gasteiger partial charge in [-0.15, -0.1) is 0 Å². The second kappa shape index (κ2) is 11.6. The molecule has 0 unspecified atom stereocenters. The third kappa shape index (κ3) is 7.04. The van der Waals surface area contributed by atoms with Crippen molar-refractivity contribution in [3.8, 4) is 11.8 Å². The Bertz CT molecular complexity index is 1170. The second-order valence-corrected chi connectivity index (χ2v) is 7.65. The Morgan fingerprint density at radius 2 is 1.88 bits per heavy atom. The maximum atomic E-state index is 13.5. The van der Waals surface area contributed by atoms with Crippen molar-refractivity contribution in [2.45, 2.75) is 33.6 Å². The minimum absolute atomic E-state index is 0.0107. The largest absolute Gasteiger partial charge is 0.369 e. The number of nitrogens with zero attached hydrogens (tertiary/aromatic N) is 2. The first-order valence-corrected chi connectivity index (χ1v) is 11.0. The first kappa shape index (κ1) is 23.7. The number of hydrogen-bond donors (Lipinski definition) is 3. The summed E-state index contributed by atoms with van der Waals surface area (Å²) in [4.78, 5) is 21.0. The van der Waals surface area contributed by atoms with Gasteiger partial charge in [0.15, 0.2) is 0 Å². The average molecular weight is 446 g/mol. The lowest BCUT2D eigenvalue weighted by Gasteiger charge is -2.10. The molecule has 0 aliphatic carbocycles. The van der Waals surface area contributed by atoms with Crippen LogP contribution in [0.4, 0.5) is 27.5 Å². The summed E-state index contributed by atoms with van der Waals surface area (Å²) in [5.74, 6) is 6.78. The van der Waals surface area contributed by atoms with Gasteiger partial charge in [-0.3, -0.25) is 4.79 Å². The fourth-order valence-corrected chi connectivity index (χ4v) is 2.87. The molecule has 0 aliphatic rings. The van der Waals surface area contributed by atoms with Crippen LogP contribution in [0.5, 0.6) is 0 Å². The van der Waals surface area contributed by atoms with Crippen LogP contribution in [0.2, 0.25) is 0 Å². The molecule has 33 heavy (non-hydrogen) atoms. The van der Waals surface area contributed by atoms with Crippen molar-refractivity contribution in [2.24, 2.45) is 5.92 Å². The number of halogens is 1. The van der Waals surface area contributed by atoms with E-state index in [0.717, 1.165) is 24.9 Å². The van der Waals surface area contributed by atoms with Crippen molar-refractivity contribution >= 4 is 29.0 Å². The second-order valence-electron chi connectivity index (χ2n) is 7.65. The molecule has 0 fully saturated rings. The van der Waals surface area contributed by atoms with E-state index in [1.807, 2.05) is 38.1 Å². The zero-order valence-electron chi connectivity index (χ0n) is 19.1. The number of rotatable bonds is 8. The number of amides is 1. The van der Waals surface area contributed by atoms with Gasteiger partial charge < -0.3 is 16.0 Å². The zero-order valence-corrected chi connectivity index (χ0v) is 19.1. The van der Waals surface area contributed by atoms with Crippen molar-refractivity contribution in [3.63, 3.8) is 0 Å². The number of hydrogen-bond acceptors (Lipinski definition) is 5. The van der Waals surface area contributed by atoms with Gasteiger partial charge in [-0.2, -0.15) is 4.98 Å². The molecule has 0 aliphatic heterocycles.